The Morgan fingerprint density at radius 2 is 1.50 bits per heavy atom. The van der Waals surface area contributed by atoms with E-state index < -0.39 is 17.9 Å². The van der Waals surface area contributed by atoms with Gasteiger partial charge in [0.25, 0.3) is 0 Å². The third kappa shape index (κ3) is 3.66. The molecule has 1 aliphatic heterocycles. The van der Waals surface area contributed by atoms with Crippen molar-refractivity contribution in [2.45, 2.75) is 33.6 Å². The zero-order valence-corrected chi connectivity index (χ0v) is 15.3. The van der Waals surface area contributed by atoms with E-state index in [0.717, 1.165) is 0 Å². The van der Waals surface area contributed by atoms with Crippen molar-refractivity contribution in [3.05, 3.63) is 46.3 Å². The molecule has 26 heavy (non-hydrogen) atoms. The zero-order chi connectivity index (χ0) is 19.4. The van der Waals surface area contributed by atoms with Gasteiger partial charge in [-0.2, -0.15) is 0 Å². The quantitative estimate of drug-likeness (QED) is 0.546. The number of benzene rings is 1. The van der Waals surface area contributed by atoms with Crippen LogP contribution in [0.5, 0.6) is 11.5 Å². The van der Waals surface area contributed by atoms with Gasteiger partial charge in [0.1, 0.15) is 11.5 Å². The van der Waals surface area contributed by atoms with Crippen LogP contribution in [0.4, 0.5) is 0 Å². The zero-order valence-electron chi connectivity index (χ0n) is 15.3. The molecule has 1 aromatic rings. The van der Waals surface area contributed by atoms with Gasteiger partial charge in [0.15, 0.2) is 0 Å². The Balaban J connectivity index is 2.71. The molecule has 7 heteroatoms. The van der Waals surface area contributed by atoms with Crippen LogP contribution in [0.25, 0.3) is 0 Å². The minimum absolute atomic E-state index is 0.0990. The van der Waals surface area contributed by atoms with Crippen molar-refractivity contribution < 1.29 is 29.3 Å². The molecule has 1 aliphatic rings. The lowest BCUT2D eigenvalue weighted by Gasteiger charge is -2.30. The van der Waals surface area contributed by atoms with Crippen LogP contribution < -0.4 is 5.32 Å². The van der Waals surface area contributed by atoms with Gasteiger partial charge in [-0.15, -0.1) is 0 Å². The summed E-state index contributed by atoms with van der Waals surface area (Å²) in [5.41, 5.74) is 1.59. The van der Waals surface area contributed by atoms with Crippen molar-refractivity contribution in [2.75, 3.05) is 13.2 Å². The number of rotatable bonds is 5. The number of dihydropyridines is 1. The molecule has 0 bridgehead atoms. The molecule has 0 aromatic heterocycles. The number of hydrogen-bond acceptors (Lipinski definition) is 7. The first-order valence-electron chi connectivity index (χ1n) is 8.36. The number of ether oxygens (including phenoxy) is 2. The standard InChI is InChI=1S/C19H23NO6/c1-5-25-18(23)15-10(3)20-11(4)16(19(24)26-6-2)17(15)13-9-12(21)7-8-14(13)22/h7-9,17,20-22H,5-6H2,1-4H3. The third-order valence-corrected chi connectivity index (χ3v) is 4.07. The molecular formula is C19H23NO6. The Hall–Kier alpha value is -2.96. The first kappa shape index (κ1) is 19.4. The Bertz CT molecular complexity index is 753. The molecule has 0 spiro atoms. The molecule has 3 N–H and O–H groups in total. The van der Waals surface area contributed by atoms with Crippen molar-refractivity contribution in [3.8, 4) is 11.5 Å². The lowest BCUT2D eigenvalue weighted by atomic mass is 9.80. The van der Waals surface area contributed by atoms with E-state index in [1.165, 1.54) is 18.2 Å². The molecule has 0 saturated carbocycles. The van der Waals surface area contributed by atoms with E-state index in [9.17, 15) is 19.8 Å². The summed E-state index contributed by atoms with van der Waals surface area (Å²) >= 11 is 0. The van der Waals surface area contributed by atoms with Crippen LogP contribution in [0.15, 0.2) is 40.7 Å². The summed E-state index contributed by atoms with van der Waals surface area (Å²) in [4.78, 5) is 25.2. The molecular weight excluding hydrogens is 338 g/mol. The highest BCUT2D eigenvalue weighted by atomic mass is 16.5. The van der Waals surface area contributed by atoms with Gasteiger partial charge in [-0.1, -0.05) is 0 Å². The normalized spacial score (nSPS) is 14.9. The molecule has 0 aliphatic carbocycles. The van der Waals surface area contributed by atoms with E-state index in [2.05, 4.69) is 5.32 Å². The minimum atomic E-state index is -0.929. The van der Waals surface area contributed by atoms with Gasteiger partial charge in [0.2, 0.25) is 0 Å². The summed E-state index contributed by atoms with van der Waals surface area (Å²) in [6.45, 7) is 7.04. The van der Waals surface area contributed by atoms with Gasteiger partial charge in [-0.3, -0.25) is 0 Å². The number of hydrogen-bond donors (Lipinski definition) is 3. The average molecular weight is 361 g/mol. The van der Waals surface area contributed by atoms with Crippen LogP contribution in [0, 0.1) is 0 Å². The first-order valence-corrected chi connectivity index (χ1v) is 8.36. The van der Waals surface area contributed by atoms with Crippen LogP contribution in [-0.2, 0) is 19.1 Å². The van der Waals surface area contributed by atoms with Crippen molar-refractivity contribution in [3.63, 3.8) is 0 Å². The molecule has 1 aromatic carbocycles. The minimum Gasteiger partial charge on any atom is -0.508 e. The summed E-state index contributed by atoms with van der Waals surface area (Å²) in [5.74, 6) is -2.41. The van der Waals surface area contributed by atoms with Crippen molar-refractivity contribution >= 4 is 11.9 Å². The van der Waals surface area contributed by atoms with Crippen LogP contribution in [0.2, 0.25) is 0 Å². The lowest BCUT2D eigenvalue weighted by molar-refractivity contribution is -0.139. The number of carbonyl (C=O) groups excluding carboxylic acids is 2. The van der Waals surface area contributed by atoms with Gasteiger partial charge < -0.3 is 25.0 Å². The number of phenols is 2. The maximum atomic E-state index is 12.6. The first-order chi connectivity index (χ1) is 12.3. The predicted molar refractivity (Wildman–Crippen MR) is 94.3 cm³/mol. The smallest absolute Gasteiger partial charge is 0.336 e. The molecule has 0 saturated heterocycles. The van der Waals surface area contributed by atoms with Crippen LogP contribution in [0.3, 0.4) is 0 Å². The van der Waals surface area contributed by atoms with Crippen molar-refractivity contribution in [1.29, 1.82) is 0 Å². The third-order valence-electron chi connectivity index (χ3n) is 4.07. The van der Waals surface area contributed by atoms with E-state index >= 15 is 0 Å². The number of nitrogens with one attached hydrogen (secondary N) is 1. The molecule has 140 valence electrons. The molecule has 0 radical (unpaired) electrons. The lowest BCUT2D eigenvalue weighted by Crippen LogP contribution is -2.32. The molecule has 0 fully saturated rings. The monoisotopic (exact) mass is 361 g/mol. The second kappa shape index (κ2) is 7.95. The Kier molecular flexibility index (Phi) is 5.92. The van der Waals surface area contributed by atoms with Gasteiger partial charge in [-0.05, 0) is 45.9 Å². The summed E-state index contributed by atoms with van der Waals surface area (Å²) in [6.07, 6.45) is 0. The number of esters is 2. The van der Waals surface area contributed by atoms with Crippen LogP contribution in [-0.4, -0.2) is 35.4 Å². The van der Waals surface area contributed by atoms with Gasteiger partial charge >= 0.3 is 11.9 Å². The summed E-state index contributed by atoms with van der Waals surface area (Å²) < 4.78 is 10.3. The van der Waals surface area contributed by atoms with E-state index in [1.54, 1.807) is 27.7 Å². The fourth-order valence-electron chi connectivity index (χ4n) is 3.04. The maximum absolute atomic E-state index is 12.6. The van der Waals surface area contributed by atoms with Crippen molar-refractivity contribution in [1.82, 2.24) is 5.32 Å². The molecule has 1 heterocycles. The fourth-order valence-corrected chi connectivity index (χ4v) is 3.04. The fraction of sp³-hybridized carbons (Fsp3) is 0.368. The number of allylic oxidation sites excluding steroid dienone is 2. The van der Waals surface area contributed by atoms with E-state index in [4.69, 9.17) is 9.47 Å². The SMILES string of the molecule is CCOC(=O)C1=C(C)NC(C)=C(C(=O)OCC)C1c1cc(O)ccc1O. The average Bonchev–Trinajstić information content (AvgIpc) is 2.56. The van der Waals surface area contributed by atoms with Crippen LogP contribution in [0.1, 0.15) is 39.2 Å². The van der Waals surface area contributed by atoms with E-state index in [0.29, 0.717) is 11.4 Å². The highest BCUT2D eigenvalue weighted by molar-refractivity contribution is 6.00. The molecule has 0 unspecified atom stereocenters. The topological polar surface area (TPSA) is 105 Å². The van der Waals surface area contributed by atoms with Gasteiger partial charge in [0, 0.05) is 17.0 Å². The second-order valence-corrected chi connectivity index (χ2v) is 5.82. The van der Waals surface area contributed by atoms with Crippen molar-refractivity contribution in [2.24, 2.45) is 0 Å². The van der Waals surface area contributed by atoms with Gasteiger partial charge in [-0.25, -0.2) is 9.59 Å². The Morgan fingerprint density at radius 3 is 1.96 bits per heavy atom. The van der Waals surface area contributed by atoms with Gasteiger partial charge in [0.05, 0.1) is 30.3 Å². The Labute approximate surface area is 151 Å². The summed E-state index contributed by atoms with van der Waals surface area (Å²) in [7, 11) is 0. The highest BCUT2D eigenvalue weighted by Crippen LogP contribution is 2.43. The van der Waals surface area contributed by atoms with E-state index in [-0.39, 0.29) is 41.4 Å². The second-order valence-electron chi connectivity index (χ2n) is 5.82. The number of phenolic OH excluding ortho intramolecular Hbond substituents is 2. The summed E-state index contributed by atoms with van der Waals surface area (Å²) in [6, 6.07) is 3.95. The van der Waals surface area contributed by atoms with Crippen LogP contribution >= 0.6 is 0 Å². The molecule has 7 nitrogen and oxygen atoms in total. The molecule has 0 atom stereocenters. The number of aromatic hydroxyl groups is 2. The summed E-state index contributed by atoms with van der Waals surface area (Å²) in [5, 5.41) is 23.2. The number of carbonyl (C=O) groups is 2. The molecule has 0 amide bonds. The predicted octanol–water partition coefficient (Wildman–Crippen LogP) is 2.46. The largest absolute Gasteiger partial charge is 0.508 e. The van der Waals surface area contributed by atoms with E-state index in [1.807, 2.05) is 0 Å². The Morgan fingerprint density at radius 1 is 1.00 bits per heavy atom. The highest BCUT2D eigenvalue weighted by Gasteiger charge is 2.39. The molecule has 2 rings (SSSR count). The maximum Gasteiger partial charge on any atom is 0.336 e.